The number of rotatable bonds is 6. The van der Waals surface area contributed by atoms with E-state index in [1.807, 2.05) is 0 Å². The summed E-state index contributed by atoms with van der Waals surface area (Å²) in [6.45, 7) is 1.63. The number of aryl methyl sites for hydroxylation is 1. The summed E-state index contributed by atoms with van der Waals surface area (Å²) < 4.78 is 0. The number of anilines is 2. The predicted molar refractivity (Wildman–Crippen MR) is 88.9 cm³/mol. The topological polar surface area (TPSA) is 182 Å². The van der Waals surface area contributed by atoms with Crippen molar-refractivity contribution >= 4 is 40.5 Å². The van der Waals surface area contributed by atoms with Crippen molar-refractivity contribution in [1.29, 1.82) is 0 Å². The fourth-order valence-electron chi connectivity index (χ4n) is 2.45. The van der Waals surface area contributed by atoms with Gasteiger partial charge in [0.05, 0.1) is 5.52 Å². The third kappa shape index (κ3) is 3.91. The number of carbonyl (C=O) groups excluding carboxylic acids is 1. The van der Waals surface area contributed by atoms with Gasteiger partial charge < -0.3 is 27.0 Å². The lowest BCUT2D eigenvalue weighted by molar-refractivity contribution is -0.140. The van der Waals surface area contributed by atoms with Crippen LogP contribution < -0.4 is 16.8 Å². The molecule has 7 N–H and O–H groups in total. The molecule has 0 aliphatic carbocycles. The molecule has 0 aliphatic heterocycles. The van der Waals surface area contributed by atoms with Crippen LogP contribution in [0.3, 0.4) is 0 Å². The molecule has 0 spiro atoms. The molecule has 1 amide bonds. The highest BCUT2D eigenvalue weighted by molar-refractivity contribution is 6.04. The van der Waals surface area contributed by atoms with Crippen LogP contribution in [0.15, 0.2) is 12.1 Å². The molecule has 0 fully saturated rings. The second kappa shape index (κ2) is 6.99. The molecule has 0 aliphatic rings. The van der Waals surface area contributed by atoms with Crippen molar-refractivity contribution in [2.75, 3.05) is 11.5 Å². The molecule has 25 heavy (non-hydrogen) atoms. The average molecular weight is 347 g/mol. The fourth-order valence-corrected chi connectivity index (χ4v) is 2.45. The standard InChI is InChI=1S/C15H17N5O5/c1-6-7(2-3-8-11(6)12(16)20-15(17)19-8)13(23)18-9(14(24)25)4-5-10(21)22/h2-3,9H,4-5H2,1H3,(H,18,23)(H,21,22)(H,24,25)(H4,16,17,19,20). The summed E-state index contributed by atoms with van der Waals surface area (Å²) in [5, 5.41) is 20.6. The largest absolute Gasteiger partial charge is 0.481 e. The highest BCUT2D eigenvalue weighted by Crippen LogP contribution is 2.25. The molecule has 2 rings (SSSR count). The number of nitrogen functional groups attached to an aromatic ring is 2. The molecule has 0 radical (unpaired) electrons. The molecule has 0 saturated carbocycles. The zero-order valence-corrected chi connectivity index (χ0v) is 13.3. The summed E-state index contributed by atoms with van der Waals surface area (Å²) in [6.07, 6.45) is -0.612. The van der Waals surface area contributed by atoms with E-state index in [1.54, 1.807) is 6.92 Å². The van der Waals surface area contributed by atoms with Crippen LogP contribution >= 0.6 is 0 Å². The van der Waals surface area contributed by atoms with Crippen molar-refractivity contribution < 1.29 is 24.6 Å². The number of nitrogens with one attached hydrogen (secondary N) is 1. The minimum absolute atomic E-state index is 0.00112. The van der Waals surface area contributed by atoms with Gasteiger partial charge in [0, 0.05) is 17.4 Å². The van der Waals surface area contributed by atoms with Crippen LogP contribution in [-0.2, 0) is 9.59 Å². The Morgan fingerprint density at radius 2 is 1.88 bits per heavy atom. The number of carboxylic acids is 2. The van der Waals surface area contributed by atoms with Crippen LogP contribution in [-0.4, -0.2) is 44.1 Å². The second-order valence-electron chi connectivity index (χ2n) is 5.40. The van der Waals surface area contributed by atoms with E-state index in [9.17, 15) is 14.4 Å². The van der Waals surface area contributed by atoms with E-state index < -0.39 is 23.9 Å². The van der Waals surface area contributed by atoms with Crippen molar-refractivity contribution in [3.05, 3.63) is 23.3 Å². The summed E-state index contributed by atoms with van der Waals surface area (Å²) in [7, 11) is 0. The average Bonchev–Trinajstić information content (AvgIpc) is 2.50. The second-order valence-corrected chi connectivity index (χ2v) is 5.40. The number of carboxylic acid groups (broad SMARTS) is 2. The van der Waals surface area contributed by atoms with Crippen molar-refractivity contribution in [2.45, 2.75) is 25.8 Å². The van der Waals surface area contributed by atoms with Gasteiger partial charge in [-0.3, -0.25) is 9.59 Å². The number of nitrogens with two attached hydrogens (primary N) is 2. The van der Waals surface area contributed by atoms with Crippen molar-refractivity contribution in [3.63, 3.8) is 0 Å². The molecule has 2 aromatic rings. The molecule has 1 unspecified atom stereocenters. The first-order valence-corrected chi connectivity index (χ1v) is 7.28. The van der Waals surface area contributed by atoms with Crippen molar-refractivity contribution in [2.24, 2.45) is 0 Å². The van der Waals surface area contributed by atoms with Gasteiger partial charge in [0.15, 0.2) is 0 Å². The zero-order valence-electron chi connectivity index (χ0n) is 13.3. The van der Waals surface area contributed by atoms with Crippen LogP contribution in [0.4, 0.5) is 11.8 Å². The molecule has 1 aromatic heterocycles. The summed E-state index contributed by atoms with van der Waals surface area (Å²) in [5.41, 5.74) is 12.5. The van der Waals surface area contributed by atoms with Crippen LogP contribution in [0, 0.1) is 6.92 Å². The predicted octanol–water partition coefficient (Wildman–Crippen LogP) is 0.150. The van der Waals surface area contributed by atoms with E-state index in [2.05, 4.69) is 15.3 Å². The number of hydrogen-bond acceptors (Lipinski definition) is 7. The van der Waals surface area contributed by atoms with Crippen molar-refractivity contribution in [3.8, 4) is 0 Å². The molecule has 1 atom stereocenters. The van der Waals surface area contributed by atoms with E-state index in [1.165, 1.54) is 12.1 Å². The fraction of sp³-hybridized carbons (Fsp3) is 0.267. The number of benzene rings is 1. The molecule has 10 heteroatoms. The number of aromatic nitrogens is 2. The number of carbonyl (C=O) groups is 3. The lowest BCUT2D eigenvalue weighted by atomic mass is 10.0. The lowest BCUT2D eigenvalue weighted by Gasteiger charge is -2.15. The smallest absolute Gasteiger partial charge is 0.326 e. The number of amides is 1. The number of aliphatic carboxylic acids is 2. The highest BCUT2D eigenvalue weighted by Gasteiger charge is 2.23. The molecule has 1 heterocycles. The van der Waals surface area contributed by atoms with Crippen LogP contribution in [0.5, 0.6) is 0 Å². The summed E-state index contributed by atoms with van der Waals surface area (Å²) in [5.74, 6) is -3.02. The molecule has 1 aromatic carbocycles. The number of nitrogens with zero attached hydrogens (tertiary/aromatic N) is 2. The van der Waals surface area contributed by atoms with Crippen LogP contribution in [0.1, 0.15) is 28.8 Å². The van der Waals surface area contributed by atoms with Gasteiger partial charge in [-0.25, -0.2) is 9.78 Å². The van der Waals surface area contributed by atoms with E-state index >= 15 is 0 Å². The van der Waals surface area contributed by atoms with Gasteiger partial charge in [0.25, 0.3) is 5.91 Å². The molecular formula is C15H17N5O5. The Morgan fingerprint density at radius 3 is 2.48 bits per heavy atom. The SMILES string of the molecule is Cc1c(C(=O)NC(CCC(=O)O)C(=O)O)ccc2nc(N)nc(N)c12. The highest BCUT2D eigenvalue weighted by atomic mass is 16.4. The minimum atomic E-state index is -1.32. The first kappa shape index (κ1) is 17.9. The Labute approximate surface area is 141 Å². The maximum atomic E-state index is 12.4. The van der Waals surface area contributed by atoms with Gasteiger partial charge in [-0.15, -0.1) is 0 Å². The normalized spacial score (nSPS) is 11.9. The van der Waals surface area contributed by atoms with Crippen LogP contribution in [0.25, 0.3) is 10.9 Å². The Hall–Kier alpha value is -3.43. The van der Waals surface area contributed by atoms with E-state index in [4.69, 9.17) is 21.7 Å². The summed E-state index contributed by atoms with van der Waals surface area (Å²) in [6, 6.07) is 1.67. The third-order valence-electron chi connectivity index (χ3n) is 3.66. The minimum Gasteiger partial charge on any atom is -0.481 e. The molecule has 132 valence electrons. The van der Waals surface area contributed by atoms with Gasteiger partial charge in [-0.05, 0) is 31.0 Å². The molecule has 10 nitrogen and oxygen atoms in total. The maximum absolute atomic E-state index is 12.4. The van der Waals surface area contributed by atoms with Gasteiger partial charge >= 0.3 is 11.9 Å². The Kier molecular flexibility index (Phi) is 5.01. The Balaban J connectivity index is 2.34. The van der Waals surface area contributed by atoms with E-state index in [-0.39, 0.29) is 30.2 Å². The Morgan fingerprint density at radius 1 is 1.20 bits per heavy atom. The van der Waals surface area contributed by atoms with E-state index in [0.29, 0.717) is 16.5 Å². The number of fused-ring (bicyclic) bond motifs is 1. The summed E-state index contributed by atoms with van der Waals surface area (Å²) >= 11 is 0. The third-order valence-corrected chi connectivity index (χ3v) is 3.66. The molecule has 0 bridgehead atoms. The first-order chi connectivity index (χ1) is 11.7. The van der Waals surface area contributed by atoms with Gasteiger partial charge in [0.1, 0.15) is 11.9 Å². The first-order valence-electron chi connectivity index (χ1n) is 7.28. The van der Waals surface area contributed by atoms with Gasteiger partial charge in [-0.1, -0.05) is 0 Å². The lowest BCUT2D eigenvalue weighted by Crippen LogP contribution is -2.41. The van der Waals surface area contributed by atoms with Crippen molar-refractivity contribution in [1.82, 2.24) is 15.3 Å². The molecule has 0 saturated heterocycles. The van der Waals surface area contributed by atoms with E-state index in [0.717, 1.165) is 0 Å². The maximum Gasteiger partial charge on any atom is 0.326 e. The van der Waals surface area contributed by atoms with Crippen LogP contribution in [0.2, 0.25) is 0 Å². The monoisotopic (exact) mass is 347 g/mol. The zero-order chi connectivity index (χ0) is 18.7. The summed E-state index contributed by atoms with van der Waals surface area (Å²) in [4.78, 5) is 42.1. The quantitative estimate of drug-likeness (QED) is 0.485. The number of hydrogen-bond donors (Lipinski definition) is 5. The molecular weight excluding hydrogens is 330 g/mol. The van der Waals surface area contributed by atoms with Gasteiger partial charge in [-0.2, -0.15) is 4.98 Å². The Bertz CT molecular complexity index is 867. The van der Waals surface area contributed by atoms with Gasteiger partial charge in [0.2, 0.25) is 5.95 Å².